The van der Waals surface area contributed by atoms with Gasteiger partial charge in [-0.3, -0.25) is 4.79 Å². The van der Waals surface area contributed by atoms with Crippen LogP contribution in [0.4, 0.5) is 4.79 Å². The molecule has 0 radical (unpaired) electrons. The van der Waals surface area contributed by atoms with Crippen molar-refractivity contribution in [1.82, 2.24) is 10.6 Å². The average molecular weight is 257 g/mol. The Morgan fingerprint density at radius 1 is 1.33 bits per heavy atom. The molecule has 0 bridgehead atoms. The number of nitrogens with one attached hydrogen (secondary N) is 2. The number of rotatable bonds is 4. The van der Waals surface area contributed by atoms with Gasteiger partial charge in [0.2, 0.25) is 0 Å². The van der Waals surface area contributed by atoms with Gasteiger partial charge in [-0.2, -0.15) is 0 Å². The molecular weight excluding hydrogens is 234 g/mol. The van der Waals surface area contributed by atoms with Crippen LogP contribution in [-0.2, 0) is 4.79 Å². The smallest absolute Gasteiger partial charge is 0.315 e. The Bertz CT molecular complexity index is 318. The zero-order valence-electron chi connectivity index (χ0n) is 11.0. The second-order valence-electron chi connectivity index (χ2n) is 5.57. The number of hydrogen-bond donors (Lipinski definition) is 4. The lowest BCUT2D eigenvalue weighted by molar-refractivity contribution is -0.146. The van der Waals surface area contributed by atoms with Gasteiger partial charge >= 0.3 is 12.0 Å². The zero-order chi connectivity index (χ0) is 13.8. The van der Waals surface area contributed by atoms with Crippen LogP contribution >= 0.6 is 0 Å². The van der Waals surface area contributed by atoms with Crippen molar-refractivity contribution in [1.29, 1.82) is 0 Å². The highest BCUT2D eigenvalue weighted by molar-refractivity contribution is 5.77. The number of hydrogen-bond acceptors (Lipinski definition) is 3. The van der Waals surface area contributed by atoms with Gasteiger partial charge in [0.25, 0.3) is 0 Å². The van der Waals surface area contributed by atoms with Gasteiger partial charge < -0.3 is 21.5 Å². The summed E-state index contributed by atoms with van der Waals surface area (Å²) in [6, 6.07) is -0.352. The summed E-state index contributed by atoms with van der Waals surface area (Å²) in [4.78, 5) is 22.5. The molecule has 1 saturated carbocycles. The molecule has 6 heteroatoms. The Morgan fingerprint density at radius 2 is 1.94 bits per heavy atom. The quantitative estimate of drug-likeness (QED) is 0.594. The number of nitrogens with two attached hydrogens (primary N) is 1. The fourth-order valence-electron chi connectivity index (χ4n) is 1.94. The molecule has 1 aliphatic carbocycles. The van der Waals surface area contributed by atoms with Crippen molar-refractivity contribution in [3.05, 3.63) is 0 Å². The average Bonchev–Trinajstić information content (AvgIpc) is 2.29. The fraction of sp³-hybridized carbons (Fsp3) is 0.833. The molecule has 2 amide bonds. The van der Waals surface area contributed by atoms with E-state index in [0.29, 0.717) is 0 Å². The molecule has 0 aromatic carbocycles. The van der Waals surface area contributed by atoms with Crippen LogP contribution < -0.4 is 16.4 Å². The second kappa shape index (κ2) is 6.04. The standard InChI is InChI=1S/C12H23N3O3/c1-12(2,10(16)17)7-14-11(18)15-9-6-4-3-5-8(9)13/h8-9H,3-7,13H2,1-2H3,(H,16,17)(H2,14,15,18). The van der Waals surface area contributed by atoms with E-state index >= 15 is 0 Å². The molecule has 0 aromatic rings. The number of carbonyl (C=O) groups is 2. The molecule has 1 rings (SSSR count). The molecule has 2 unspecified atom stereocenters. The Balaban J connectivity index is 2.35. The first kappa shape index (κ1) is 14.8. The maximum Gasteiger partial charge on any atom is 0.315 e. The third-order valence-corrected chi connectivity index (χ3v) is 3.41. The lowest BCUT2D eigenvalue weighted by atomic mass is 9.91. The van der Waals surface area contributed by atoms with Crippen LogP contribution in [0, 0.1) is 5.41 Å². The van der Waals surface area contributed by atoms with Crippen LogP contribution in [0.25, 0.3) is 0 Å². The van der Waals surface area contributed by atoms with Crippen LogP contribution in [0.5, 0.6) is 0 Å². The summed E-state index contributed by atoms with van der Waals surface area (Å²) in [5, 5.41) is 14.3. The minimum Gasteiger partial charge on any atom is -0.481 e. The number of carboxylic acid groups (broad SMARTS) is 1. The van der Waals surface area contributed by atoms with Crippen LogP contribution in [0.15, 0.2) is 0 Å². The van der Waals surface area contributed by atoms with Gasteiger partial charge in [0.05, 0.1) is 5.41 Å². The van der Waals surface area contributed by atoms with Gasteiger partial charge in [0.1, 0.15) is 0 Å². The summed E-state index contributed by atoms with van der Waals surface area (Å²) in [7, 11) is 0. The van der Waals surface area contributed by atoms with E-state index in [9.17, 15) is 9.59 Å². The van der Waals surface area contributed by atoms with Gasteiger partial charge in [-0.15, -0.1) is 0 Å². The van der Waals surface area contributed by atoms with Crippen molar-refractivity contribution in [2.45, 2.75) is 51.6 Å². The molecule has 1 aliphatic rings. The highest BCUT2D eigenvalue weighted by Crippen LogP contribution is 2.17. The molecule has 0 heterocycles. The summed E-state index contributed by atoms with van der Waals surface area (Å²) in [6.45, 7) is 3.24. The van der Waals surface area contributed by atoms with E-state index < -0.39 is 11.4 Å². The molecule has 1 fully saturated rings. The lowest BCUT2D eigenvalue weighted by Gasteiger charge is -2.29. The van der Waals surface area contributed by atoms with Gasteiger partial charge in [-0.1, -0.05) is 12.8 Å². The van der Waals surface area contributed by atoms with Crippen molar-refractivity contribution in [3.63, 3.8) is 0 Å². The Kier molecular flexibility index (Phi) is 4.95. The molecule has 6 nitrogen and oxygen atoms in total. The molecule has 0 spiro atoms. The first-order valence-electron chi connectivity index (χ1n) is 6.36. The van der Waals surface area contributed by atoms with Crippen LogP contribution in [0.2, 0.25) is 0 Å². The highest BCUT2D eigenvalue weighted by Gasteiger charge is 2.28. The molecule has 0 aliphatic heterocycles. The third kappa shape index (κ3) is 4.18. The topological polar surface area (TPSA) is 104 Å². The molecule has 2 atom stereocenters. The third-order valence-electron chi connectivity index (χ3n) is 3.41. The predicted molar refractivity (Wildman–Crippen MR) is 68.2 cm³/mol. The van der Waals surface area contributed by atoms with Crippen LogP contribution in [0.1, 0.15) is 39.5 Å². The predicted octanol–water partition coefficient (Wildman–Crippen LogP) is 0.666. The molecule has 0 saturated heterocycles. The van der Waals surface area contributed by atoms with E-state index in [1.165, 1.54) is 0 Å². The van der Waals surface area contributed by atoms with E-state index in [-0.39, 0.29) is 24.7 Å². The Hall–Kier alpha value is -1.30. The fourth-order valence-corrected chi connectivity index (χ4v) is 1.94. The molecular formula is C12H23N3O3. The number of amides is 2. The summed E-state index contributed by atoms with van der Waals surface area (Å²) in [5.41, 5.74) is 4.95. The Morgan fingerprint density at radius 3 is 2.50 bits per heavy atom. The SMILES string of the molecule is CC(C)(CNC(=O)NC1CCCCC1N)C(=O)O. The summed E-state index contributed by atoms with van der Waals surface area (Å²) in [6.07, 6.45) is 3.98. The largest absolute Gasteiger partial charge is 0.481 e. The molecule has 5 N–H and O–H groups in total. The number of carboxylic acids is 1. The number of urea groups is 1. The highest BCUT2D eigenvalue weighted by atomic mass is 16.4. The van der Waals surface area contributed by atoms with Crippen molar-refractivity contribution in [2.75, 3.05) is 6.54 Å². The van der Waals surface area contributed by atoms with E-state index in [4.69, 9.17) is 10.8 Å². The van der Waals surface area contributed by atoms with Crippen molar-refractivity contribution in [3.8, 4) is 0 Å². The molecule has 0 aromatic heterocycles. The minimum absolute atomic E-state index is 0.00279. The lowest BCUT2D eigenvalue weighted by Crippen LogP contribution is -2.53. The first-order chi connectivity index (χ1) is 8.33. The van der Waals surface area contributed by atoms with Crippen molar-refractivity contribution in [2.24, 2.45) is 11.1 Å². The number of aliphatic carboxylic acids is 1. The van der Waals surface area contributed by atoms with E-state index in [2.05, 4.69) is 10.6 Å². The Labute approximate surface area is 107 Å². The van der Waals surface area contributed by atoms with E-state index in [1.54, 1.807) is 13.8 Å². The maximum absolute atomic E-state index is 11.7. The molecule has 18 heavy (non-hydrogen) atoms. The van der Waals surface area contributed by atoms with Gasteiger partial charge in [0, 0.05) is 18.6 Å². The summed E-state index contributed by atoms with van der Waals surface area (Å²) >= 11 is 0. The normalized spacial score (nSPS) is 24.4. The van der Waals surface area contributed by atoms with Gasteiger partial charge in [0.15, 0.2) is 0 Å². The van der Waals surface area contributed by atoms with Crippen LogP contribution in [-0.4, -0.2) is 35.7 Å². The van der Waals surface area contributed by atoms with Gasteiger partial charge in [-0.05, 0) is 26.7 Å². The van der Waals surface area contributed by atoms with E-state index in [1.807, 2.05) is 0 Å². The number of carbonyl (C=O) groups excluding carboxylic acids is 1. The molecule has 104 valence electrons. The zero-order valence-corrected chi connectivity index (χ0v) is 11.0. The van der Waals surface area contributed by atoms with Crippen LogP contribution in [0.3, 0.4) is 0 Å². The first-order valence-corrected chi connectivity index (χ1v) is 6.36. The second-order valence-corrected chi connectivity index (χ2v) is 5.57. The minimum atomic E-state index is -0.966. The van der Waals surface area contributed by atoms with Crippen molar-refractivity contribution >= 4 is 12.0 Å². The maximum atomic E-state index is 11.7. The van der Waals surface area contributed by atoms with Gasteiger partial charge in [-0.25, -0.2) is 4.79 Å². The summed E-state index contributed by atoms with van der Waals surface area (Å²) in [5.74, 6) is -0.933. The van der Waals surface area contributed by atoms with E-state index in [0.717, 1.165) is 25.7 Å². The monoisotopic (exact) mass is 257 g/mol. The van der Waals surface area contributed by atoms with Crippen molar-refractivity contribution < 1.29 is 14.7 Å². The summed E-state index contributed by atoms with van der Waals surface area (Å²) < 4.78 is 0.